The highest BCUT2D eigenvalue weighted by Gasteiger charge is 2.57. The molecule has 0 amide bonds. The molecule has 0 aromatic carbocycles. The van der Waals surface area contributed by atoms with Crippen LogP contribution < -0.4 is 0 Å². The number of hydrogen-bond donors (Lipinski definition) is 1. The van der Waals surface area contributed by atoms with Crippen molar-refractivity contribution in [1.82, 2.24) is 4.90 Å². The summed E-state index contributed by atoms with van der Waals surface area (Å²) in [6.45, 7) is 6.84. The van der Waals surface area contributed by atoms with E-state index in [1.165, 1.54) is 38.5 Å². The third kappa shape index (κ3) is 2.54. The Morgan fingerprint density at radius 3 is 2.52 bits per heavy atom. The third-order valence-corrected chi connectivity index (χ3v) is 6.00. The van der Waals surface area contributed by atoms with Crippen LogP contribution in [-0.2, 0) is 0 Å². The Balaban J connectivity index is 1.78. The van der Waals surface area contributed by atoms with Crippen LogP contribution in [0.4, 0.5) is 0 Å². The van der Waals surface area contributed by atoms with Crippen molar-refractivity contribution in [2.24, 2.45) is 28.8 Å². The van der Waals surface area contributed by atoms with Crippen molar-refractivity contribution in [3.05, 3.63) is 12.2 Å². The van der Waals surface area contributed by atoms with Gasteiger partial charge in [0.2, 0.25) is 0 Å². The zero-order valence-electron chi connectivity index (χ0n) is 13.5. The molecule has 3 aliphatic carbocycles. The van der Waals surface area contributed by atoms with Gasteiger partial charge in [0.15, 0.2) is 0 Å². The predicted octanol–water partition coefficient (Wildman–Crippen LogP) is 3.93. The van der Waals surface area contributed by atoms with E-state index >= 15 is 0 Å². The van der Waals surface area contributed by atoms with Gasteiger partial charge in [-0.2, -0.15) is 0 Å². The minimum Gasteiger partial charge on any atom is -0.411 e. The van der Waals surface area contributed by atoms with Crippen molar-refractivity contribution in [2.45, 2.75) is 58.4 Å². The summed E-state index contributed by atoms with van der Waals surface area (Å²) in [4.78, 5) is 2.64. The Hall–Kier alpha value is -0.830. The smallest absolute Gasteiger partial charge is 0.0781 e. The maximum atomic E-state index is 9.62. The molecular formula is C18H30N2O. The lowest BCUT2D eigenvalue weighted by Gasteiger charge is -2.39. The lowest BCUT2D eigenvalue weighted by Crippen LogP contribution is -2.49. The standard InChI is InChI=1S/C18H30N2O/c1-3-5-10-20(11-6-4-2)18-16-12-15(17(18)19-21)13-8-7-9-14(13)16/h7-8,13-16,18,21H,3-6,9-12H2,1-2H3/b19-17-. The van der Waals surface area contributed by atoms with Gasteiger partial charge in [0.05, 0.1) is 11.8 Å². The Morgan fingerprint density at radius 1 is 1.19 bits per heavy atom. The molecule has 0 aromatic rings. The van der Waals surface area contributed by atoms with Gasteiger partial charge in [-0.05, 0) is 56.5 Å². The first-order valence-electron chi connectivity index (χ1n) is 8.94. The highest BCUT2D eigenvalue weighted by atomic mass is 16.4. The normalized spacial score (nSPS) is 38.8. The molecule has 0 aromatic heterocycles. The fourth-order valence-electron chi connectivity index (χ4n) is 5.03. The van der Waals surface area contributed by atoms with E-state index in [1.54, 1.807) is 0 Å². The van der Waals surface area contributed by atoms with Crippen LogP contribution in [0.3, 0.4) is 0 Å². The molecule has 21 heavy (non-hydrogen) atoms. The number of hydrogen-bond acceptors (Lipinski definition) is 3. The molecule has 0 saturated heterocycles. The molecule has 3 rings (SSSR count). The summed E-state index contributed by atoms with van der Waals surface area (Å²) in [5, 5.41) is 13.4. The van der Waals surface area contributed by atoms with Crippen molar-refractivity contribution in [3.8, 4) is 0 Å². The van der Waals surface area contributed by atoms with E-state index in [0.717, 1.165) is 30.6 Å². The van der Waals surface area contributed by atoms with Crippen LogP contribution in [0.15, 0.2) is 17.3 Å². The summed E-state index contributed by atoms with van der Waals surface area (Å²) in [6.07, 6.45) is 12.2. The Kier molecular flexibility index (Phi) is 4.68. The Morgan fingerprint density at radius 2 is 1.90 bits per heavy atom. The van der Waals surface area contributed by atoms with Gasteiger partial charge in [0.1, 0.15) is 0 Å². The number of oxime groups is 1. The second-order valence-corrected chi connectivity index (χ2v) is 7.12. The number of rotatable bonds is 7. The fourth-order valence-corrected chi connectivity index (χ4v) is 5.03. The quantitative estimate of drug-likeness (QED) is 0.438. The average molecular weight is 290 g/mol. The topological polar surface area (TPSA) is 35.8 Å². The molecule has 2 bridgehead atoms. The first-order chi connectivity index (χ1) is 10.3. The van der Waals surface area contributed by atoms with E-state index in [1.807, 2.05) is 0 Å². The molecule has 5 unspecified atom stereocenters. The first kappa shape index (κ1) is 15.1. The van der Waals surface area contributed by atoms with E-state index in [9.17, 15) is 5.21 Å². The van der Waals surface area contributed by atoms with Crippen molar-refractivity contribution >= 4 is 5.71 Å². The van der Waals surface area contributed by atoms with Crippen LogP contribution in [0, 0.1) is 23.7 Å². The van der Waals surface area contributed by atoms with Gasteiger partial charge < -0.3 is 5.21 Å². The Bertz CT molecular complexity index is 409. The SMILES string of the molecule is CCCCN(CCCC)C1/C(=N\O)C2CC1C1CC=CC21. The van der Waals surface area contributed by atoms with E-state index in [2.05, 4.69) is 36.1 Å². The summed E-state index contributed by atoms with van der Waals surface area (Å²) in [5.74, 6) is 2.71. The summed E-state index contributed by atoms with van der Waals surface area (Å²) in [5.41, 5.74) is 1.10. The van der Waals surface area contributed by atoms with Crippen molar-refractivity contribution < 1.29 is 5.21 Å². The third-order valence-electron chi connectivity index (χ3n) is 6.00. The van der Waals surface area contributed by atoms with Gasteiger partial charge in [-0.25, -0.2) is 0 Å². The first-order valence-corrected chi connectivity index (χ1v) is 8.94. The lowest BCUT2D eigenvalue weighted by molar-refractivity contribution is 0.151. The van der Waals surface area contributed by atoms with Crippen LogP contribution >= 0.6 is 0 Å². The second-order valence-electron chi connectivity index (χ2n) is 7.12. The minimum absolute atomic E-state index is 0.416. The van der Waals surface area contributed by atoms with Crippen LogP contribution in [0.1, 0.15) is 52.4 Å². The van der Waals surface area contributed by atoms with E-state index < -0.39 is 0 Å². The minimum atomic E-state index is 0.416. The zero-order valence-corrected chi connectivity index (χ0v) is 13.5. The van der Waals surface area contributed by atoms with Crippen molar-refractivity contribution in [2.75, 3.05) is 13.1 Å². The lowest BCUT2D eigenvalue weighted by atomic mass is 9.77. The van der Waals surface area contributed by atoms with Crippen LogP contribution in [-0.4, -0.2) is 35.0 Å². The Labute approximate surface area is 129 Å². The van der Waals surface area contributed by atoms with Crippen LogP contribution in [0.2, 0.25) is 0 Å². The molecule has 118 valence electrons. The molecule has 3 aliphatic rings. The summed E-state index contributed by atoms with van der Waals surface area (Å²) < 4.78 is 0. The number of nitrogens with zero attached hydrogens (tertiary/aromatic N) is 2. The average Bonchev–Trinajstić information content (AvgIpc) is 3.18. The van der Waals surface area contributed by atoms with Gasteiger partial charge in [-0.15, -0.1) is 0 Å². The molecule has 0 spiro atoms. The van der Waals surface area contributed by atoms with E-state index in [-0.39, 0.29) is 0 Å². The molecule has 2 fully saturated rings. The maximum Gasteiger partial charge on any atom is 0.0781 e. The van der Waals surface area contributed by atoms with Crippen molar-refractivity contribution in [3.63, 3.8) is 0 Å². The van der Waals surface area contributed by atoms with E-state index in [0.29, 0.717) is 17.9 Å². The van der Waals surface area contributed by atoms with Crippen LogP contribution in [0.5, 0.6) is 0 Å². The molecule has 1 N–H and O–H groups in total. The monoisotopic (exact) mass is 290 g/mol. The number of fused-ring (bicyclic) bond motifs is 5. The van der Waals surface area contributed by atoms with E-state index in [4.69, 9.17) is 0 Å². The van der Waals surface area contributed by atoms with Crippen LogP contribution in [0.25, 0.3) is 0 Å². The van der Waals surface area contributed by atoms with Gasteiger partial charge in [0, 0.05) is 5.92 Å². The molecule has 3 nitrogen and oxygen atoms in total. The molecular weight excluding hydrogens is 260 g/mol. The molecule has 0 radical (unpaired) electrons. The molecule has 0 aliphatic heterocycles. The summed E-state index contributed by atoms with van der Waals surface area (Å²) >= 11 is 0. The highest BCUT2D eigenvalue weighted by Crippen LogP contribution is 2.56. The molecule has 3 heteroatoms. The molecule has 0 heterocycles. The molecule has 2 saturated carbocycles. The summed E-state index contributed by atoms with van der Waals surface area (Å²) in [6, 6.07) is 0.416. The van der Waals surface area contributed by atoms with Gasteiger partial charge in [-0.1, -0.05) is 44.0 Å². The van der Waals surface area contributed by atoms with Gasteiger partial charge >= 0.3 is 0 Å². The summed E-state index contributed by atoms with van der Waals surface area (Å²) in [7, 11) is 0. The zero-order chi connectivity index (χ0) is 14.8. The second kappa shape index (κ2) is 6.51. The largest absolute Gasteiger partial charge is 0.411 e. The predicted molar refractivity (Wildman–Crippen MR) is 86.7 cm³/mol. The fraction of sp³-hybridized carbons (Fsp3) is 0.833. The van der Waals surface area contributed by atoms with Gasteiger partial charge in [0.25, 0.3) is 0 Å². The number of allylic oxidation sites excluding steroid dienone is 2. The van der Waals surface area contributed by atoms with Crippen molar-refractivity contribution in [1.29, 1.82) is 0 Å². The molecule has 5 atom stereocenters. The highest BCUT2D eigenvalue weighted by molar-refractivity contribution is 5.95. The van der Waals surface area contributed by atoms with Gasteiger partial charge in [-0.3, -0.25) is 4.90 Å². The number of unbranched alkanes of at least 4 members (excludes halogenated alkanes) is 2. The maximum absolute atomic E-state index is 9.62.